The molecule has 1 aromatic carbocycles. The molecule has 1 atom stereocenters. The van der Waals surface area contributed by atoms with Gasteiger partial charge in [0.15, 0.2) is 5.58 Å². The van der Waals surface area contributed by atoms with E-state index in [4.69, 9.17) is 9.15 Å². The molecule has 0 unspecified atom stereocenters. The first-order valence-electron chi connectivity index (χ1n) is 10.4. The van der Waals surface area contributed by atoms with Gasteiger partial charge in [0.1, 0.15) is 28.9 Å². The number of nitrogens with zero attached hydrogens (tertiary/aromatic N) is 3. The van der Waals surface area contributed by atoms with Crippen molar-refractivity contribution in [3.8, 4) is 5.75 Å². The summed E-state index contributed by atoms with van der Waals surface area (Å²) in [6.45, 7) is 6.04. The maximum absolute atomic E-state index is 13.3. The number of nitrogens with one attached hydrogen (secondary N) is 1. The van der Waals surface area contributed by atoms with Crippen molar-refractivity contribution in [1.82, 2.24) is 19.5 Å². The predicted molar refractivity (Wildman–Crippen MR) is 118 cm³/mol. The molecule has 0 fully saturated rings. The van der Waals surface area contributed by atoms with Crippen molar-refractivity contribution in [3.05, 3.63) is 63.9 Å². The van der Waals surface area contributed by atoms with E-state index in [0.29, 0.717) is 36.3 Å². The van der Waals surface area contributed by atoms with Gasteiger partial charge in [-0.15, -0.1) is 0 Å². The predicted octanol–water partition coefficient (Wildman–Crippen LogP) is 3.39. The average molecular weight is 422 g/mol. The van der Waals surface area contributed by atoms with Crippen LogP contribution in [0.3, 0.4) is 0 Å². The molecule has 1 amide bonds. The van der Waals surface area contributed by atoms with Crippen molar-refractivity contribution in [2.45, 2.75) is 46.2 Å². The first-order valence-corrected chi connectivity index (χ1v) is 10.4. The van der Waals surface area contributed by atoms with E-state index in [2.05, 4.69) is 10.4 Å². The number of fused-ring (bicyclic) bond motifs is 3. The first-order chi connectivity index (χ1) is 15.0. The van der Waals surface area contributed by atoms with Crippen LogP contribution in [-0.2, 0) is 17.8 Å². The molecule has 1 N–H and O–H groups in total. The molecule has 0 saturated heterocycles. The number of ether oxygens (including phenoxy) is 1. The molecule has 4 aromatic rings. The Morgan fingerprint density at radius 2 is 2.03 bits per heavy atom. The lowest BCUT2D eigenvalue weighted by Gasteiger charge is -2.18. The van der Waals surface area contributed by atoms with Crippen LogP contribution in [0.15, 0.2) is 45.6 Å². The highest BCUT2D eigenvalue weighted by molar-refractivity contribution is 5.84. The van der Waals surface area contributed by atoms with Crippen molar-refractivity contribution in [2.75, 3.05) is 7.11 Å². The topological polar surface area (TPSA) is 90.8 Å². The number of aromatic nitrogens is 3. The fourth-order valence-corrected chi connectivity index (χ4v) is 3.88. The second-order valence-corrected chi connectivity index (χ2v) is 7.48. The van der Waals surface area contributed by atoms with Crippen LogP contribution in [0.5, 0.6) is 5.75 Å². The number of carbonyl (C=O) groups excluding carboxylic acids is 1. The van der Waals surface area contributed by atoms with E-state index in [9.17, 15) is 9.59 Å². The van der Waals surface area contributed by atoms with Gasteiger partial charge in [-0.3, -0.25) is 14.0 Å². The van der Waals surface area contributed by atoms with Gasteiger partial charge in [0.25, 0.3) is 5.56 Å². The molecule has 31 heavy (non-hydrogen) atoms. The average Bonchev–Trinajstić information content (AvgIpc) is 3.31. The van der Waals surface area contributed by atoms with Crippen molar-refractivity contribution >= 4 is 22.5 Å². The molecule has 0 bridgehead atoms. The van der Waals surface area contributed by atoms with Gasteiger partial charge in [0.2, 0.25) is 5.91 Å². The fraction of sp³-hybridized carbons (Fsp3) is 0.348. The zero-order valence-corrected chi connectivity index (χ0v) is 18.1. The van der Waals surface area contributed by atoms with E-state index in [1.165, 1.54) is 4.68 Å². The van der Waals surface area contributed by atoms with Crippen LogP contribution in [0.25, 0.3) is 16.6 Å². The maximum Gasteiger partial charge on any atom is 0.291 e. The molecule has 8 heteroatoms. The molecule has 0 aliphatic carbocycles. The van der Waals surface area contributed by atoms with Gasteiger partial charge in [-0.05, 0) is 31.0 Å². The third-order valence-corrected chi connectivity index (χ3v) is 5.42. The number of furan rings is 1. The molecule has 8 nitrogen and oxygen atoms in total. The molecule has 4 rings (SSSR count). The zero-order valence-electron chi connectivity index (χ0n) is 18.1. The highest BCUT2D eigenvalue weighted by atomic mass is 16.5. The summed E-state index contributed by atoms with van der Waals surface area (Å²) >= 11 is 0. The number of carbonyl (C=O) groups is 1. The highest BCUT2D eigenvalue weighted by Gasteiger charge is 2.24. The Labute approximate surface area is 179 Å². The lowest BCUT2D eigenvalue weighted by Crippen LogP contribution is -2.39. The van der Waals surface area contributed by atoms with E-state index in [1.54, 1.807) is 13.2 Å². The Bertz CT molecular complexity index is 1310. The number of methoxy groups -OCH3 is 1. The van der Waals surface area contributed by atoms with Gasteiger partial charge in [0.05, 0.1) is 12.6 Å². The summed E-state index contributed by atoms with van der Waals surface area (Å²) in [5, 5.41) is 7.49. The van der Waals surface area contributed by atoms with Gasteiger partial charge in [-0.25, -0.2) is 4.68 Å². The molecular weight excluding hydrogens is 396 g/mol. The second-order valence-electron chi connectivity index (χ2n) is 7.48. The van der Waals surface area contributed by atoms with Gasteiger partial charge in [-0.1, -0.05) is 26.0 Å². The van der Waals surface area contributed by atoms with Crippen molar-refractivity contribution in [1.29, 1.82) is 0 Å². The summed E-state index contributed by atoms with van der Waals surface area (Å²) in [4.78, 5) is 26.2. The summed E-state index contributed by atoms with van der Waals surface area (Å²) in [5.41, 5.74) is 2.51. The van der Waals surface area contributed by atoms with Crippen LogP contribution >= 0.6 is 0 Å². The number of amides is 1. The molecule has 0 radical (unpaired) electrons. The van der Waals surface area contributed by atoms with E-state index in [-0.39, 0.29) is 11.5 Å². The maximum atomic E-state index is 13.3. The molecule has 0 aliphatic rings. The van der Waals surface area contributed by atoms with E-state index in [0.717, 1.165) is 22.6 Å². The second kappa shape index (κ2) is 8.29. The monoisotopic (exact) mass is 422 g/mol. The van der Waals surface area contributed by atoms with E-state index in [1.807, 2.05) is 55.5 Å². The molecule has 0 saturated carbocycles. The first kappa shape index (κ1) is 20.7. The summed E-state index contributed by atoms with van der Waals surface area (Å²) < 4.78 is 14.1. The van der Waals surface area contributed by atoms with Crippen LogP contribution in [0, 0.1) is 6.92 Å². The summed E-state index contributed by atoms with van der Waals surface area (Å²) in [6, 6.07) is 10.4. The lowest BCUT2D eigenvalue weighted by molar-refractivity contribution is -0.125. The Kier molecular flexibility index (Phi) is 5.54. The zero-order chi connectivity index (χ0) is 22.1. The third kappa shape index (κ3) is 3.69. The Morgan fingerprint density at radius 3 is 2.74 bits per heavy atom. The number of hydrogen-bond acceptors (Lipinski definition) is 5. The third-order valence-electron chi connectivity index (χ3n) is 5.42. The van der Waals surface area contributed by atoms with Crippen LogP contribution in [0.4, 0.5) is 0 Å². The Balaban J connectivity index is 1.68. The minimum atomic E-state index is -0.712. The molecule has 0 spiro atoms. The van der Waals surface area contributed by atoms with Crippen LogP contribution in [-0.4, -0.2) is 27.2 Å². The number of benzene rings is 1. The van der Waals surface area contributed by atoms with Gasteiger partial charge < -0.3 is 14.5 Å². The minimum Gasteiger partial charge on any atom is -0.497 e. The van der Waals surface area contributed by atoms with E-state index < -0.39 is 6.04 Å². The van der Waals surface area contributed by atoms with Crippen LogP contribution < -0.4 is 15.6 Å². The normalized spacial score (nSPS) is 12.4. The smallest absolute Gasteiger partial charge is 0.291 e. The lowest BCUT2D eigenvalue weighted by atomic mass is 10.2. The van der Waals surface area contributed by atoms with Crippen molar-refractivity contribution < 1.29 is 13.9 Å². The number of aryl methyl sites for hydroxylation is 2. The molecule has 162 valence electrons. The van der Waals surface area contributed by atoms with E-state index >= 15 is 0 Å². The van der Waals surface area contributed by atoms with Gasteiger partial charge in [-0.2, -0.15) is 5.10 Å². The summed E-state index contributed by atoms with van der Waals surface area (Å²) in [7, 11) is 1.60. The van der Waals surface area contributed by atoms with Crippen molar-refractivity contribution in [3.63, 3.8) is 0 Å². The van der Waals surface area contributed by atoms with Crippen molar-refractivity contribution in [2.24, 2.45) is 0 Å². The van der Waals surface area contributed by atoms with Crippen LogP contribution in [0.1, 0.15) is 43.5 Å². The standard InChI is InChI=1S/C23H26N4O4/c1-5-17(22(28)24-13-15-8-7-9-16(11-15)30-4)27-23(29)19-12-20-18(10-14(3)31-20)26(19)21(6-2)25-27/h7-12,17H,5-6,13H2,1-4H3,(H,24,28)/t17-/m1/s1. The number of rotatable bonds is 7. The summed E-state index contributed by atoms with van der Waals surface area (Å²) in [6.07, 6.45) is 1.04. The Hall–Kier alpha value is -3.55. The molecular formula is C23H26N4O4. The summed E-state index contributed by atoms with van der Waals surface area (Å²) in [5.74, 6) is 1.94. The SMILES string of the molecule is CCc1nn([C@H](CC)C(=O)NCc2cccc(OC)c2)c(=O)c2cc3oc(C)cc3n12. The highest BCUT2D eigenvalue weighted by Crippen LogP contribution is 2.24. The van der Waals surface area contributed by atoms with Gasteiger partial charge in [0, 0.05) is 25.1 Å². The molecule has 3 aromatic heterocycles. The molecule has 0 aliphatic heterocycles. The number of hydrogen-bond donors (Lipinski definition) is 1. The molecule has 3 heterocycles. The quantitative estimate of drug-likeness (QED) is 0.493. The largest absolute Gasteiger partial charge is 0.497 e. The van der Waals surface area contributed by atoms with Gasteiger partial charge >= 0.3 is 0 Å². The fourth-order valence-electron chi connectivity index (χ4n) is 3.88. The minimum absolute atomic E-state index is 0.252. The van der Waals surface area contributed by atoms with Crippen LogP contribution in [0.2, 0.25) is 0 Å². The Morgan fingerprint density at radius 1 is 1.23 bits per heavy atom.